The minimum Gasteiger partial charge on any atom is -0.756 e. The van der Waals surface area contributed by atoms with Crippen LogP contribution < -0.4 is 10.2 Å². The maximum atomic E-state index is 12.9. The Morgan fingerprint density at radius 1 is 0.618 bits per heavy atom. The zero-order chi connectivity index (χ0) is 40.7. The number of unbranched alkanes of at least 4 members (excludes halogenated alkanes) is 28. The highest BCUT2D eigenvalue weighted by atomic mass is 31.2. The van der Waals surface area contributed by atoms with Crippen LogP contribution in [0.3, 0.4) is 0 Å². The lowest BCUT2D eigenvalue weighted by Gasteiger charge is -2.30. The molecule has 55 heavy (non-hydrogen) atoms. The van der Waals surface area contributed by atoms with Gasteiger partial charge in [0.1, 0.15) is 13.2 Å². The number of rotatable bonds is 43. The van der Waals surface area contributed by atoms with Gasteiger partial charge in [0.2, 0.25) is 5.91 Å². The molecule has 0 aromatic rings. The van der Waals surface area contributed by atoms with Gasteiger partial charge in [-0.1, -0.05) is 193 Å². The van der Waals surface area contributed by atoms with Crippen molar-refractivity contribution in [2.24, 2.45) is 0 Å². The predicted molar refractivity (Wildman–Crippen MR) is 233 cm³/mol. The van der Waals surface area contributed by atoms with Crippen molar-refractivity contribution in [2.45, 2.75) is 238 Å². The van der Waals surface area contributed by atoms with E-state index in [9.17, 15) is 19.4 Å². The van der Waals surface area contributed by atoms with Crippen molar-refractivity contribution < 1.29 is 32.9 Å². The number of nitrogens with one attached hydrogen (secondary N) is 1. The Hall–Kier alpha value is -0.760. The number of nitrogens with zero attached hydrogens (tertiary/aromatic N) is 1. The van der Waals surface area contributed by atoms with Gasteiger partial charge in [0.25, 0.3) is 7.82 Å². The monoisotopic (exact) mass is 801 g/mol. The predicted octanol–water partition coefficient (Wildman–Crippen LogP) is 12.5. The minimum absolute atomic E-state index is 0.0137. The van der Waals surface area contributed by atoms with Crippen LogP contribution in [0.25, 0.3) is 0 Å². The first-order valence-electron chi connectivity index (χ1n) is 23.5. The zero-order valence-electron chi connectivity index (χ0n) is 37.1. The normalized spacial score (nSPS) is 14.4. The standard InChI is InChI=1S/C46H93N2O6P/c1-6-8-10-12-14-16-18-20-21-22-23-24-25-26-27-28-30-32-34-36-38-40-46(50)47-44(43-54-55(51,52)53-42-41-48(3,4)5)45(49)39-37-35-33-31-29-19-17-15-13-11-9-7-2/h22-23,44-45,49H,6-21,24-43H2,1-5H3,(H-,47,50,51,52)/b23-22-. The highest BCUT2D eigenvalue weighted by Crippen LogP contribution is 2.38. The Kier molecular flexibility index (Phi) is 38.2. The summed E-state index contributed by atoms with van der Waals surface area (Å²) in [5.41, 5.74) is 0. The third kappa shape index (κ3) is 41.2. The van der Waals surface area contributed by atoms with Crippen LogP contribution in [0.15, 0.2) is 12.2 Å². The van der Waals surface area contributed by atoms with Crippen LogP contribution in [0.2, 0.25) is 0 Å². The van der Waals surface area contributed by atoms with E-state index in [4.69, 9.17) is 9.05 Å². The molecule has 0 spiro atoms. The Morgan fingerprint density at radius 3 is 1.42 bits per heavy atom. The van der Waals surface area contributed by atoms with E-state index in [0.717, 1.165) is 38.5 Å². The van der Waals surface area contributed by atoms with Gasteiger partial charge in [0.05, 0.1) is 39.9 Å². The van der Waals surface area contributed by atoms with E-state index in [2.05, 4.69) is 31.3 Å². The van der Waals surface area contributed by atoms with E-state index >= 15 is 0 Å². The molecule has 8 nitrogen and oxygen atoms in total. The molecule has 0 fully saturated rings. The number of carbonyl (C=O) groups excluding carboxylic acids is 1. The van der Waals surface area contributed by atoms with Crippen molar-refractivity contribution in [2.75, 3.05) is 40.9 Å². The fourth-order valence-electron chi connectivity index (χ4n) is 6.98. The summed E-state index contributed by atoms with van der Waals surface area (Å²) < 4.78 is 23.3. The molecule has 328 valence electrons. The average molecular weight is 801 g/mol. The fraction of sp³-hybridized carbons (Fsp3) is 0.935. The van der Waals surface area contributed by atoms with Gasteiger partial charge in [-0.25, -0.2) is 0 Å². The Morgan fingerprint density at radius 2 is 1.00 bits per heavy atom. The molecule has 0 radical (unpaired) electrons. The van der Waals surface area contributed by atoms with Crippen molar-refractivity contribution in [3.63, 3.8) is 0 Å². The smallest absolute Gasteiger partial charge is 0.268 e. The Bertz CT molecular complexity index is 911. The van der Waals surface area contributed by atoms with Crippen LogP contribution >= 0.6 is 7.82 Å². The van der Waals surface area contributed by atoms with Crippen molar-refractivity contribution in [1.82, 2.24) is 5.32 Å². The molecule has 0 aromatic carbocycles. The van der Waals surface area contributed by atoms with E-state index in [-0.39, 0.29) is 19.1 Å². The fourth-order valence-corrected chi connectivity index (χ4v) is 7.70. The molecule has 2 N–H and O–H groups in total. The minimum atomic E-state index is -4.56. The van der Waals surface area contributed by atoms with Crippen LogP contribution in [0.5, 0.6) is 0 Å². The first-order chi connectivity index (χ1) is 26.5. The van der Waals surface area contributed by atoms with Gasteiger partial charge in [-0.15, -0.1) is 0 Å². The SMILES string of the molecule is CCCCCCCCCC/C=C\CCCCCCCCCCCC(=O)NC(COP(=O)([O-])OCC[N+](C)(C)C)C(O)CCCCCCCCCCCCCC. The molecule has 0 saturated heterocycles. The maximum Gasteiger partial charge on any atom is 0.268 e. The highest BCUT2D eigenvalue weighted by Gasteiger charge is 2.24. The number of aliphatic hydroxyl groups excluding tert-OH is 1. The quantitative estimate of drug-likeness (QED) is 0.0275. The largest absolute Gasteiger partial charge is 0.756 e. The highest BCUT2D eigenvalue weighted by molar-refractivity contribution is 7.45. The number of allylic oxidation sites excluding steroid dienone is 2. The van der Waals surface area contributed by atoms with E-state index in [1.54, 1.807) is 0 Å². The number of hydrogen-bond acceptors (Lipinski definition) is 6. The number of phosphoric ester groups is 1. The lowest BCUT2D eigenvalue weighted by molar-refractivity contribution is -0.870. The van der Waals surface area contributed by atoms with Crippen molar-refractivity contribution in [3.05, 3.63) is 12.2 Å². The van der Waals surface area contributed by atoms with E-state index in [0.29, 0.717) is 23.9 Å². The molecule has 3 unspecified atom stereocenters. The van der Waals surface area contributed by atoms with E-state index in [1.165, 1.54) is 161 Å². The summed E-state index contributed by atoms with van der Waals surface area (Å²) in [6.07, 6.45) is 43.6. The molecule has 0 aromatic heterocycles. The van der Waals surface area contributed by atoms with Gasteiger partial charge >= 0.3 is 0 Å². The summed E-state index contributed by atoms with van der Waals surface area (Å²) >= 11 is 0. The van der Waals surface area contributed by atoms with Crippen molar-refractivity contribution in [3.8, 4) is 0 Å². The van der Waals surface area contributed by atoms with Crippen LogP contribution in [-0.4, -0.2) is 68.5 Å². The molecule has 0 saturated carbocycles. The summed E-state index contributed by atoms with van der Waals surface area (Å²) in [6, 6.07) is -0.796. The third-order valence-electron chi connectivity index (χ3n) is 10.8. The molecule has 0 aliphatic heterocycles. The topological polar surface area (TPSA) is 108 Å². The van der Waals surface area contributed by atoms with Crippen LogP contribution in [0.1, 0.15) is 226 Å². The van der Waals surface area contributed by atoms with Gasteiger partial charge in [0.15, 0.2) is 0 Å². The Labute approximate surface area is 342 Å². The number of aliphatic hydroxyl groups is 1. The van der Waals surface area contributed by atoms with Crippen LogP contribution in [-0.2, 0) is 18.4 Å². The lowest BCUT2D eigenvalue weighted by atomic mass is 10.0. The number of phosphoric acid groups is 1. The van der Waals surface area contributed by atoms with Crippen molar-refractivity contribution >= 4 is 13.7 Å². The molecule has 0 heterocycles. The second kappa shape index (κ2) is 38.7. The zero-order valence-corrected chi connectivity index (χ0v) is 38.0. The van der Waals surface area contributed by atoms with Gasteiger partial charge < -0.3 is 28.8 Å². The number of likely N-dealkylation sites (N-methyl/N-ethyl adjacent to an activating group) is 1. The van der Waals surface area contributed by atoms with Gasteiger partial charge in [-0.2, -0.15) is 0 Å². The molecule has 1 amide bonds. The third-order valence-corrected chi connectivity index (χ3v) is 11.7. The molecule has 9 heteroatoms. The number of carbonyl (C=O) groups is 1. The summed E-state index contributed by atoms with van der Waals surface area (Å²) in [5.74, 6) is -0.166. The van der Waals surface area contributed by atoms with Gasteiger partial charge in [-0.3, -0.25) is 9.36 Å². The maximum absolute atomic E-state index is 12.9. The van der Waals surface area contributed by atoms with Gasteiger partial charge in [0, 0.05) is 6.42 Å². The summed E-state index contributed by atoms with van der Waals surface area (Å²) in [6.45, 7) is 4.72. The van der Waals surface area contributed by atoms with Crippen LogP contribution in [0.4, 0.5) is 0 Å². The first-order valence-corrected chi connectivity index (χ1v) is 25.0. The van der Waals surface area contributed by atoms with Gasteiger partial charge in [-0.05, 0) is 38.5 Å². The number of hydrogen-bond donors (Lipinski definition) is 2. The summed E-state index contributed by atoms with van der Waals surface area (Å²) in [7, 11) is 1.31. The summed E-state index contributed by atoms with van der Waals surface area (Å²) in [5, 5.41) is 13.9. The summed E-state index contributed by atoms with van der Waals surface area (Å²) in [4.78, 5) is 25.3. The number of amides is 1. The first kappa shape index (κ1) is 54.2. The molecule has 3 atom stereocenters. The molecule has 0 bridgehead atoms. The number of quaternary nitrogens is 1. The lowest BCUT2D eigenvalue weighted by Crippen LogP contribution is -2.46. The molecule has 0 aliphatic carbocycles. The molecule has 0 rings (SSSR count). The second-order valence-electron chi connectivity index (χ2n) is 17.5. The average Bonchev–Trinajstić information content (AvgIpc) is 3.13. The molecular formula is C46H93N2O6P. The van der Waals surface area contributed by atoms with Crippen molar-refractivity contribution in [1.29, 1.82) is 0 Å². The Balaban J connectivity index is 4.24. The molecule has 0 aliphatic rings. The van der Waals surface area contributed by atoms with Crippen LogP contribution in [0, 0.1) is 0 Å². The van der Waals surface area contributed by atoms with E-state index < -0.39 is 20.0 Å². The second-order valence-corrected chi connectivity index (χ2v) is 18.9. The molecular weight excluding hydrogens is 707 g/mol. The van der Waals surface area contributed by atoms with E-state index in [1.807, 2.05) is 21.1 Å².